The lowest BCUT2D eigenvalue weighted by Gasteiger charge is -2.14. The maximum atomic E-state index is 5.58. The number of nitrogens with zero attached hydrogens (tertiary/aromatic N) is 2. The van der Waals surface area contributed by atoms with Crippen molar-refractivity contribution in [2.24, 2.45) is 0 Å². The van der Waals surface area contributed by atoms with Crippen molar-refractivity contribution in [3.63, 3.8) is 0 Å². The van der Waals surface area contributed by atoms with Gasteiger partial charge in [0.1, 0.15) is 5.75 Å². The van der Waals surface area contributed by atoms with Crippen molar-refractivity contribution in [2.45, 2.75) is 13.8 Å². The Hall–Kier alpha value is -1.81. The van der Waals surface area contributed by atoms with E-state index in [1.54, 1.807) is 0 Å². The molecule has 0 saturated carbocycles. The summed E-state index contributed by atoms with van der Waals surface area (Å²) in [6, 6.07) is 8.14. The maximum absolute atomic E-state index is 5.58. The molecule has 20 heavy (non-hydrogen) atoms. The van der Waals surface area contributed by atoms with Crippen LogP contribution in [0.5, 0.6) is 5.75 Å². The summed E-state index contributed by atoms with van der Waals surface area (Å²) in [5.41, 5.74) is 3.14. The van der Waals surface area contributed by atoms with Crippen molar-refractivity contribution in [1.29, 1.82) is 0 Å². The van der Waals surface area contributed by atoms with Gasteiger partial charge in [-0.1, -0.05) is 0 Å². The molecule has 0 amide bonds. The molecule has 0 radical (unpaired) electrons. The molecule has 1 N–H and O–H groups in total. The first-order valence-electron chi connectivity index (χ1n) is 7.03. The third-order valence-corrected chi connectivity index (χ3v) is 3.09. The molecule has 0 saturated heterocycles. The first-order valence-corrected chi connectivity index (χ1v) is 7.03. The van der Waals surface area contributed by atoms with Gasteiger partial charge in [-0.3, -0.25) is 4.98 Å². The highest BCUT2D eigenvalue weighted by Gasteiger charge is 2.06. The largest absolute Gasteiger partial charge is 0.494 e. The zero-order chi connectivity index (χ0) is 14.5. The molecule has 0 aliphatic rings. The Bertz CT molecular complexity index is 581. The summed E-state index contributed by atoms with van der Waals surface area (Å²) in [7, 11) is 4.15. The van der Waals surface area contributed by atoms with E-state index in [0.717, 1.165) is 41.1 Å². The van der Waals surface area contributed by atoms with Crippen LogP contribution in [0.25, 0.3) is 10.9 Å². The third kappa shape index (κ3) is 3.61. The van der Waals surface area contributed by atoms with Crippen LogP contribution in [0.4, 0.5) is 5.69 Å². The van der Waals surface area contributed by atoms with Crippen molar-refractivity contribution in [1.82, 2.24) is 9.88 Å². The molecular weight excluding hydrogens is 250 g/mol. The number of hydrogen-bond acceptors (Lipinski definition) is 4. The predicted molar refractivity (Wildman–Crippen MR) is 84.7 cm³/mol. The molecule has 0 atom stereocenters. The number of anilines is 1. The van der Waals surface area contributed by atoms with Gasteiger partial charge in [-0.25, -0.2) is 0 Å². The minimum Gasteiger partial charge on any atom is -0.494 e. The van der Waals surface area contributed by atoms with Crippen LogP contribution in [0.2, 0.25) is 0 Å². The van der Waals surface area contributed by atoms with Gasteiger partial charge in [-0.15, -0.1) is 0 Å². The van der Waals surface area contributed by atoms with Crippen molar-refractivity contribution in [3.05, 3.63) is 30.0 Å². The number of rotatable bonds is 6. The predicted octanol–water partition coefficient (Wildman–Crippen LogP) is 2.92. The molecular formula is C16H23N3O. The standard InChI is InChI=1S/C16H23N3O/c1-5-20-13-6-7-15-14(11-13)16(10-12(2)18-15)17-8-9-19(3)4/h6-7,10-11H,5,8-9H2,1-4H3,(H,17,18). The van der Waals surface area contributed by atoms with Crippen LogP contribution < -0.4 is 10.1 Å². The highest BCUT2D eigenvalue weighted by Crippen LogP contribution is 2.27. The number of aromatic nitrogens is 1. The number of likely N-dealkylation sites (N-methyl/N-ethyl adjacent to an activating group) is 1. The summed E-state index contributed by atoms with van der Waals surface area (Å²) in [6.07, 6.45) is 0. The van der Waals surface area contributed by atoms with Gasteiger partial charge in [0.05, 0.1) is 12.1 Å². The van der Waals surface area contributed by atoms with E-state index in [1.165, 1.54) is 0 Å². The average Bonchev–Trinajstić information content (AvgIpc) is 2.39. The van der Waals surface area contributed by atoms with Gasteiger partial charge in [0, 0.05) is 29.9 Å². The molecule has 108 valence electrons. The summed E-state index contributed by atoms with van der Waals surface area (Å²) >= 11 is 0. The molecule has 1 aromatic carbocycles. The lowest BCUT2D eigenvalue weighted by molar-refractivity contribution is 0.340. The van der Waals surface area contributed by atoms with Crippen LogP contribution >= 0.6 is 0 Å². The number of aryl methyl sites for hydroxylation is 1. The molecule has 2 aromatic rings. The van der Waals surface area contributed by atoms with Crippen LogP contribution in [0, 0.1) is 6.92 Å². The van der Waals surface area contributed by atoms with Crippen molar-refractivity contribution in [3.8, 4) is 5.75 Å². The number of nitrogens with one attached hydrogen (secondary N) is 1. The molecule has 4 nitrogen and oxygen atoms in total. The van der Waals surface area contributed by atoms with E-state index in [4.69, 9.17) is 4.74 Å². The van der Waals surface area contributed by atoms with Gasteiger partial charge < -0.3 is 15.0 Å². The smallest absolute Gasteiger partial charge is 0.120 e. The Balaban J connectivity index is 2.32. The Morgan fingerprint density at radius 3 is 2.75 bits per heavy atom. The second kappa shape index (κ2) is 6.57. The molecule has 0 bridgehead atoms. The van der Waals surface area contributed by atoms with E-state index in [1.807, 2.05) is 26.0 Å². The fourth-order valence-electron chi connectivity index (χ4n) is 2.15. The fourth-order valence-corrected chi connectivity index (χ4v) is 2.15. The molecule has 1 heterocycles. The van der Waals surface area contributed by atoms with E-state index in [2.05, 4.69) is 41.4 Å². The molecule has 4 heteroatoms. The minimum atomic E-state index is 0.675. The monoisotopic (exact) mass is 273 g/mol. The summed E-state index contributed by atoms with van der Waals surface area (Å²) in [4.78, 5) is 6.74. The minimum absolute atomic E-state index is 0.675. The SMILES string of the molecule is CCOc1ccc2nc(C)cc(NCCN(C)C)c2c1. The lowest BCUT2D eigenvalue weighted by Crippen LogP contribution is -2.20. The Labute approximate surface area is 120 Å². The Morgan fingerprint density at radius 1 is 1.25 bits per heavy atom. The number of pyridine rings is 1. The van der Waals surface area contributed by atoms with Crippen molar-refractivity contribution >= 4 is 16.6 Å². The second-order valence-corrected chi connectivity index (χ2v) is 5.15. The normalized spacial score (nSPS) is 11.1. The summed E-state index contributed by atoms with van der Waals surface area (Å²) in [5, 5.41) is 4.60. The number of benzene rings is 1. The Morgan fingerprint density at radius 2 is 2.05 bits per heavy atom. The van der Waals surface area contributed by atoms with Gasteiger partial charge in [0.2, 0.25) is 0 Å². The highest BCUT2D eigenvalue weighted by molar-refractivity contribution is 5.92. The van der Waals surface area contributed by atoms with Gasteiger partial charge in [-0.2, -0.15) is 0 Å². The van der Waals surface area contributed by atoms with Crippen molar-refractivity contribution < 1.29 is 4.74 Å². The van der Waals surface area contributed by atoms with Crippen LogP contribution in [0.15, 0.2) is 24.3 Å². The molecule has 0 spiro atoms. The van der Waals surface area contributed by atoms with E-state index in [0.29, 0.717) is 6.61 Å². The van der Waals surface area contributed by atoms with E-state index in [9.17, 15) is 0 Å². The first-order chi connectivity index (χ1) is 9.60. The quantitative estimate of drug-likeness (QED) is 0.878. The lowest BCUT2D eigenvalue weighted by atomic mass is 10.1. The van der Waals surface area contributed by atoms with Crippen molar-refractivity contribution in [2.75, 3.05) is 39.1 Å². The van der Waals surface area contributed by atoms with Gasteiger partial charge in [0.15, 0.2) is 0 Å². The summed E-state index contributed by atoms with van der Waals surface area (Å²) in [6.45, 7) is 6.59. The zero-order valence-electron chi connectivity index (χ0n) is 12.7. The maximum Gasteiger partial charge on any atom is 0.120 e. The van der Waals surface area contributed by atoms with E-state index in [-0.39, 0.29) is 0 Å². The summed E-state index contributed by atoms with van der Waals surface area (Å²) < 4.78 is 5.58. The number of hydrogen-bond donors (Lipinski definition) is 1. The highest BCUT2D eigenvalue weighted by atomic mass is 16.5. The second-order valence-electron chi connectivity index (χ2n) is 5.15. The van der Waals surface area contributed by atoms with Crippen LogP contribution in [-0.2, 0) is 0 Å². The van der Waals surface area contributed by atoms with Gasteiger partial charge >= 0.3 is 0 Å². The van der Waals surface area contributed by atoms with E-state index < -0.39 is 0 Å². The molecule has 2 rings (SSSR count). The van der Waals surface area contributed by atoms with E-state index >= 15 is 0 Å². The summed E-state index contributed by atoms with van der Waals surface area (Å²) in [5.74, 6) is 0.890. The average molecular weight is 273 g/mol. The molecule has 0 aliphatic carbocycles. The van der Waals surface area contributed by atoms with Crippen LogP contribution in [-0.4, -0.2) is 43.7 Å². The van der Waals surface area contributed by atoms with Crippen LogP contribution in [0.1, 0.15) is 12.6 Å². The molecule has 0 aliphatic heterocycles. The van der Waals surface area contributed by atoms with Crippen LogP contribution in [0.3, 0.4) is 0 Å². The number of ether oxygens (including phenoxy) is 1. The fraction of sp³-hybridized carbons (Fsp3) is 0.438. The topological polar surface area (TPSA) is 37.4 Å². The molecule has 0 unspecified atom stereocenters. The first kappa shape index (κ1) is 14.6. The number of fused-ring (bicyclic) bond motifs is 1. The van der Waals surface area contributed by atoms with Gasteiger partial charge in [-0.05, 0) is 52.2 Å². The zero-order valence-corrected chi connectivity index (χ0v) is 12.7. The Kier molecular flexibility index (Phi) is 4.79. The van der Waals surface area contributed by atoms with Gasteiger partial charge in [0.25, 0.3) is 0 Å². The molecule has 1 aromatic heterocycles. The third-order valence-electron chi connectivity index (χ3n) is 3.09. The molecule has 0 fully saturated rings.